The summed E-state index contributed by atoms with van der Waals surface area (Å²) in [5.74, 6) is 0.845. The number of fused-ring (bicyclic) bond motifs is 1. The van der Waals surface area contributed by atoms with Gasteiger partial charge in [-0.3, -0.25) is 0 Å². The fourth-order valence-corrected chi connectivity index (χ4v) is 3.35. The first kappa shape index (κ1) is 14.9. The van der Waals surface area contributed by atoms with Crippen LogP contribution in [-0.4, -0.2) is 28.7 Å². The Bertz CT molecular complexity index is 670. The minimum absolute atomic E-state index is 0.845. The van der Waals surface area contributed by atoms with Crippen molar-refractivity contribution in [2.24, 2.45) is 4.99 Å². The number of hydrogen-bond acceptors (Lipinski definition) is 4. The Labute approximate surface area is 135 Å². The topological polar surface area (TPSA) is 37.7 Å². The lowest BCUT2D eigenvalue weighted by Gasteiger charge is -2.30. The van der Waals surface area contributed by atoms with Gasteiger partial charge in [-0.2, -0.15) is 0 Å². The molecule has 0 N–H and O–H groups in total. The smallest absolute Gasteiger partial charge is 0.171 e. The first-order valence-corrected chi connectivity index (χ1v) is 8.21. The van der Waals surface area contributed by atoms with Gasteiger partial charge in [0.1, 0.15) is 10.8 Å². The van der Waals surface area contributed by atoms with Crippen LogP contribution in [0.15, 0.2) is 52.6 Å². The summed E-state index contributed by atoms with van der Waals surface area (Å²) in [6.07, 6.45) is 2.93. The highest BCUT2D eigenvalue weighted by molar-refractivity contribution is 8.13. The molecule has 4 nitrogen and oxygen atoms in total. The van der Waals surface area contributed by atoms with E-state index in [-0.39, 0.29) is 0 Å². The molecule has 0 bridgehead atoms. The Morgan fingerprint density at radius 3 is 2.82 bits per heavy atom. The number of aromatic nitrogens is 1. The largest absolute Gasteiger partial charge is 0.497 e. The van der Waals surface area contributed by atoms with E-state index in [1.54, 1.807) is 18.9 Å². The molecule has 0 atom stereocenters. The van der Waals surface area contributed by atoms with Crippen molar-refractivity contribution < 1.29 is 4.74 Å². The number of thioether (sulfide) groups is 1. The number of nitrogens with zero attached hydrogens (tertiary/aromatic N) is 3. The van der Waals surface area contributed by atoms with Crippen molar-refractivity contribution in [1.82, 2.24) is 9.88 Å². The lowest BCUT2D eigenvalue weighted by molar-refractivity contribution is 0.411. The highest BCUT2D eigenvalue weighted by Gasteiger charge is 2.22. The summed E-state index contributed by atoms with van der Waals surface area (Å²) in [6.45, 7) is 4.06. The Balaban J connectivity index is 1.90. The predicted molar refractivity (Wildman–Crippen MR) is 90.9 cm³/mol. The summed E-state index contributed by atoms with van der Waals surface area (Å²) < 4.78 is 5.19. The predicted octanol–water partition coefficient (Wildman–Crippen LogP) is 4.10. The molecule has 0 saturated heterocycles. The molecule has 2 heterocycles. The second-order valence-electron chi connectivity index (χ2n) is 5.08. The molecular weight excluding hydrogens is 294 g/mol. The molecule has 5 heteroatoms. The SMILES string of the molecule is CCCN1Cc2cccnc2SC1=Nc1ccc(OC)cc1. The highest BCUT2D eigenvalue weighted by Crippen LogP contribution is 2.32. The number of hydrogen-bond donors (Lipinski definition) is 0. The summed E-state index contributed by atoms with van der Waals surface area (Å²) in [4.78, 5) is 11.6. The maximum atomic E-state index is 5.19. The maximum absolute atomic E-state index is 5.19. The molecule has 1 aromatic heterocycles. The molecule has 0 aliphatic carbocycles. The number of ether oxygens (including phenoxy) is 1. The van der Waals surface area contributed by atoms with Gasteiger partial charge in [0.25, 0.3) is 0 Å². The highest BCUT2D eigenvalue weighted by atomic mass is 32.2. The molecule has 0 fully saturated rings. The lowest BCUT2D eigenvalue weighted by Crippen LogP contribution is -2.32. The van der Waals surface area contributed by atoms with Crippen molar-refractivity contribution in [3.05, 3.63) is 48.2 Å². The molecule has 22 heavy (non-hydrogen) atoms. The monoisotopic (exact) mass is 313 g/mol. The molecule has 1 aliphatic rings. The van der Waals surface area contributed by atoms with Crippen molar-refractivity contribution in [2.45, 2.75) is 24.9 Å². The molecule has 0 saturated carbocycles. The fourth-order valence-electron chi connectivity index (χ4n) is 2.37. The molecule has 0 amide bonds. The fraction of sp³-hybridized carbons (Fsp3) is 0.294. The molecule has 2 aromatic rings. The molecular formula is C17H19N3OS. The summed E-state index contributed by atoms with van der Waals surface area (Å²) in [5.41, 5.74) is 2.21. The third kappa shape index (κ3) is 3.25. The summed E-state index contributed by atoms with van der Waals surface area (Å²) >= 11 is 1.64. The summed E-state index contributed by atoms with van der Waals surface area (Å²) in [7, 11) is 1.67. The van der Waals surface area contributed by atoms with E-state index >= 15 is 0 Å². The van der Waals surface area contributed by atoms with Crippen molar-refractivity contribution in [3.8, 4) is 5.75 Å². The normalized spacial score (nSPS) is 15.7. The van der Waals surface area contributed by atoms with Crippen LogP contribution in [-0.2, 0) is 6.54 Å². The molecule has 114 valence electrons. The van der Waals surface area contributed by atoms with Gasteiger partial charge in [0.05, 0.1) is 12.8 Å². The first-order valence-electron chi connectivity index (χ1n) is 7.39. The van der Waals surface area contributed by atoms with E-state index in [1.807, 2.05) is 36.5 Å². The number of benzene rings is 1. The molecule has 1 aliphatic heterocycles. The van der Waals surface area contributed by atoms with Crippen molar-refractivity contribution in [3.63, 3.8) is 0 Å². The Morgan fingerprint density at radius 1 is 1.27 bits per heavy atom. The van der Waals surface area contributed by atoms with E-state index in [1.165, 1.54) is 5.56 Å². The zero-order valence-corrected chi connectivity index (χ0v) is 13.6. The van der Waals surface area contributed by atoms with E-state index in [9.17, 15) is 0 Å². The average molecular weight is 313 g/mol. The van der Waals surface area contributed by atoms with Crippen LogP contribution in [0.4, 0.5) is 5.69 Å². The third-order valence-electron chi connectivity index (χ3n) is 3.46. The quantitative estimate of drug-likeness (QED) is 0.852. The van der Waals surface area contributed by atoms with Crippen molar-refractivity contribution >= 4 is 22.6 Å². The van der Waals surface area contributed by atoms with Crippen LogP contribution in [0.25, 0.3) is 0 Å². The van der Waals surface area contributed by atoms with Gasteiger partial charge >= 0.3 is 0 Å². The molecule has 1 aromatic carbocycles. The zero-order valence-electron chi connectivity index (χ0n) is 12.8. The zero-order chi connectivity index (χ0) is 15.4. The first-order chi connectivity index (χ1) is 10.8. The minimum atomic E-state index is 0.845. The van der Waals surface area contributed by atoms with E-state index in [2.05, 4.69) is 22.9 Å². The van der Waals surface area contributed by atoms with Gasteiger partial charge < -0.3 is 9.64 Å². The van der Waals surface area contributed by atoms with Gasteiger partial charge in [-0.15, -0.1) is 0 Å². The third-order valence-corrected chi connectivity index (χ3v) is 4.55. The van der Waals surface area contributed by atoms with Gasteiger partial charge in [0.15, 0.2) is 5.17 Å². The Kier molecular flexibility index (Phi) is 4.63. The number of aliphatic imine (C=N–C) groups is 1. The van der Waals surface area contributed by atoms with Crippen LogP contribution in [0.3, 0.4) is 0 Å². The molecule has 0 unspecified atom stereocenters. The van der Waals surface area contributed by atoms with Crippen LogP contribution in [0.2, 0.25) is 0 Å². The Morgan fingerprint density at radius 2 is 2.09 bits per heavy atom. The van der Waals surface area contributed by atoms with Gasteiger partial charge in [-0.25, -0.2) is 9.98 Å². The number of pyridine rings is 1. The summed E-state index contributed by atoms with van der Waals surface area (Å²) in [5, 5.41) is 2.07. The maximum Gasteiger partial charge on any atom is 0.171 e. The standard InChI is InChI=1S/C17H19N3OS/c1-3-11-20-12-13-5-4-10-18-16(13)22-17(20)19-14-6-8-15(21-2)9-7-14/h4-10H,3,11-12H2,1-2H3. The van der Waals surface area contributed by atoms with Crippen molar-refractivity contribution in [2.75, 3.05) is 13.7 Å². The van der Waals surface area contributed by atoms with Gasteiger partial charge in [-0.05, 0) is 48.5 Å². The Hall–Kier alpha value is -2.01. The summed E-state index contributed by atoms with van der Waals surface area (Å²) in [6, 6.07) is 12.0. The van der Waals surface area contributed by atoms with Crippen LogP contribution < -0.4 is 4.74 Å². The number of methoxy groups -OCH3 is 1. The van der Waals surface area contributed by atoms with E-state index < -0.39 is 0 Å². The number of amidine groups is 1. The van der Waals surface area contributed by atoms with E-state index in [4.69, 9.17) is 9.73 Å². The number of rotatable bonds is 4. The average Bonchev–Trinajstić information content (AvgIpc) is 2.56. The second kappa shape index (κ2) is 6.83. The molecule has 0 spiro atoms. The molecule has 3 rings (SSSR count). The molecule has 0 radical (unpaired) electrons. The van der Waals surface area contributed by atoms with Crippen LogP contribution in [0, 0.1) is 0 Å². The van der Waals surface area contributed by atoms with Crippen LogP contribution in [0.5, 0.6) is 5.75 Å². The van der Waals surface area contributed by atoms with Crippen molar-refractivity contribution in [1.29, 1.82) is 0 Å². The van der Waals surface area contributed by atoms with Gasteiger partial charge in [-0.1, -0.05) is 13.0 Å². The minimum Gasteiger partial charge on any atom is -0.497 e. The lowest BCUT2D eigenvalue weighted by atomic mass is 10.2. The second-order valence-corrected chi connectivity index (χ2v) is 6.04. The van der Waals surface area contributed by atoms with Gasteiger partial charge in [0.2, 0.25) is 0 Å². The van der Waals surface area contributed by atoms with E-state index in [0.717, 1.165) is 41.1 Å². The van der Waals surface area contributed by atoms with Crippen LogP contribution >= 0.6 is 11.8 Å². The van der Waals surface area contributed by atoms with Crippen LogP contribution in [0.1, 0.15) is 18.9 Å². The van der Waals surface area contributed by atoms with E-state index in [0.29, 0.717) is 0 Å². The van der Waals surface area contributed by atoms with Gasteiger partial charge in [0, 0.05) is 24.8 Å².